The molecule has 2 aliphatic carbocycles. The minimum Gasteiger partial charge on any atom is -0.396 e. The molecular formula is C39H44F2N6O4. The summed E-state index contributed by atoms with van der Waals surface area (Å²) in [4.78, 5) is 47.7. The van der Waals surface area contributed by atoms with Gasteiger partial charge in [0, 0.05) is 65.5 Å². The van der Waals surface area contributed by atoms with E-state index in [0.29, 0.717) is 67.5 Å². The number of halogens is 2. The van der Waals surface area contributed by atoms with Crippen molar-refractivity contribution in [2.45, 2.75) is 59.6 Å². The first kappa shape index (κ1) is 34.8. The van der Waals surface area contributed by atoms with Crippen LogP contribution in [-0.2, 0) is 9.59 Å². The second-order valence-electron chi connectivity index (χ2n) is 16.3. The number of Topliss-reactive ketones (excluding diaryl/α,β-unsaturated/α-hetero) is 2. The number of carbonyl (C=O) groups is 3. The van der Waals surface area contributed by atoms with Crippen molar-refractivity contribution < 1.29 is 28.3 Å². The fraction of sp³-hybridized carbons (Fsp3) is 0.436. The molecule has 1 aromatic heterocycles. The maximum atomic E-state index is 15.2. The molecule has 4 aliphatic rings. The molecule has 0 bridgehead atoms. The van der Waals surface area contributed by atoms with Crippen LogP contribution in [0, 0.1) is 33.3 Å². The fourth-order valence-electron chi connectivity index (χ4n) is 8.91. The normalized spacial score (nSPS) is 26.5. The minimum atomic E-state index is -1.03. The molecule has 3 atom stereocenters. The van der Waals surface area contributed by atoms with Crippen LogP contribution in [0.5, 0.6) is 0 Å². The van der Waals surface area contributed by atoms with Gasteiger partial charge in [0.05, 0.1) is 28.2 Å². The van der Waals surface area contributed by atoms with Crippen molar-refractivity contribution in [1.29, 1.82) is 0 Å². The van der Waals surface area contributed by atoms with Crippen LogP contribution in [0.15, 0.2) is 72.2 Å². The molecule has 1 amide bonds. The van der Waals surface area contributed by atoms with Gasteiger partial charge in [0.15, 0.2) is 11.6 Å². The monoisotopic (exact) mass is 698 g/mol. The number of likely N-dealkylation sites (tertiary alicyclic amines) is 2. The number of hydrogen-bond acceptors (Lipinski definition) is 9. The number of aliphatic hydroxyl groups excluding tert-OH is 1. The maximum Gasteiger partial charge on any atom is 0.255 e. The van der Waals surface area contributed by atoms with Crippen LogP contribution in [0.3, 0.4) is 0 Å². The third-order valence-corrected chi connectivity index (χ3v) is 11.2. The average Bonchev–Trinajstić information content (AvgIpc) is 3.67. The Bertz CT molecular complexity index is 2030. The molecule has 3 heterocycles. The Kier molecular flexibility index (Phi) is 8.33. The van der Waals surface area contributed by atoms with Crippen LogP contribution in [-0.4, -0.2) is 63.5 Å². The third-order valence-electron chi connectivity index (χ3n) is 11.2. The Balaban J connectivity index is 1.06. The van der Waals surface area contributed by atoms with Crippen molar-refractivity contribution in [3.8, 4) is 0 Å². The summed E-state index contributed by atoms with van der Waals surface area (Å²) in [5.74, 6) is -1.36. The van der Waals surface area contributed by atoms with E-state index in [2.05, 4.69) is 15.8 Å². The van der Waals surface area contributed by atoms with Crippen molar-refractivity contribution >= 4 is 34.1 Å². The minimum absolute atomic E-state index is 0.0621. The summed E-state index contributed by atoms with van der Waals surface area (Å²) in [5, 5.41) is 12.1. The molecule has 2 fully saturated rings. The molecule has 3 aromatic rings. The van der Waals surface area contributed by atoms with Crippen LogP contribution < -0.4 is 16.6 Å². The lowest BCUT2D eigenvalue weighted by molar-refractivity contribution is -0.126. The molecule has 2 spiro atoms. The first-order chi connectivity index (χ1) is 24.0. The fourth-order valence-corrected chi connectivity index (χ4v) is 8.91. The van der Waals surface area contributed by atoms with Gasteiger partial charge in [0.1, 0.15) is 17.9 Å². The number of carbonyl (C=O) groups excluding carboxylic acids is 3. The molecular weight excluding hydrogens is 654 g/mol. The number of fused-ring (bicyclic) bond motifs is 1. The largest absolute Gasteiger partial charge is 0.396 e. The molecule has 51 heavy (non-hydrogen) atoms. The average molecular weight is 699 g/mol. The number of nitrogens with zero attached hydrogens (tertiary/aromatic N) is 3. The summed E-state index contributed by atoms with van der Waals surface area (Å²) in [7, 11) is 0. The molecule has 10 nitrogen and oxygen atoms in total. The van der Waals surface area contributed by atoms with E-state index in [-0.39, 0.29) is 40.0 Å². The van der Waals surface area contributed by atoms with Gasteiger partial charge >= 0.3 is 0 Å². The number of anilines is 1. The van der Waals surface area contributed by atoms with E-state index in [1.54, 1.807) is 17.0 Å². The van der Waals surface area contributed by atoms with Crippen molar-refractivity contribution in [3.63, 3.8) is 0 Å². The van der Waals surface area contributed by atoms with Gasteiger partial charge in [-0.25, -0.2) is 8.78 Å². The highest BCUT2D eigenvalue weighted by Gasteiger charge is 2.50. The van der Waals surface area contributed by atoms with E-state index >= 15 is 4.39 Å². The smallest absolute Gasteiger partial charge is 0.255 e. The second-order valence-corrected chi connectivity index (χ2v) is 16.3. The molecule has 1 unspecified atom stereocenters. The number of aromatic nitrogens is 1. The van der Waals surface area contributed by atoms with E-state index < -0.39 is 34.1 Å². The van der Waals surface area contributed by atoms with Gasteiger partial charge in [-0.05, 0) is 67.7 Å². The third kappa shape index (κ3) is 6.40. The maximum absolute atomic E-state index is 15.2. The quantitative estimate of drug-likeness (QED) is 0.250. The van der Waals surface area contributed by atoms with E-state index in [1.807, 2.05) is 44.7 Å². The molecule has 12 heteroatoms. The first-order valence-corrected chi connectivity index (χ1v) is 17.4. The van der Waals surface area contributed by atoms with Crippen molar-refractivity contribution in [1.82, 2.24) is 20.2 Å². The Morgan fingerprint density at radius 1 is 0.902 bits per heavy atom. The second kappa shape index (κ2) is 12.2. The molecule has 5 N–H and O–H groups in total. The number of pyridine rings is 1. The number of hydrazine groups is 1. The summed E-state index contributed by atoms with van der Waals surface area (Å²) in [6.07, 6.45) is 6.66. The van der Waals surface area contributed by atoms with E-state index in [0.717, 1.165) is 6.42 Å². The number of ketones is 2. The van der Waals surface area contributed by atoms with E-state index in [4.69, 9.17) is 5.73 Å². The van der Waals surface area contributed by atoms with Crippen LogP contribution in [0.25, 0.3) is 10.9 Å². The summed E-state index contributed by atoms with van der Waals surface area (Å²) in [5.41, 5.74) is 11.7. The van der Waals surface area contributed by atoms with Gasteiger partial charge in [0.25, 0.3) is 5.91 Å². The predicted molar refractivity (Wildman–Crippen MR) is 189 cm³/mol. The number of benzene rings is 2. The number of aliphatic hydroxyl groups is 1. The highest BCUT2D eigenvalue weighted by Crippen LogP contribution is 2.49. The zero-order valence-corrected chi connectivity index (χ0v) is 29.4. The SMILES string of the molecule is CC1(C)C[C@@]2(C=C(N)C1=O)CCN(C(O)c1ccc(F)c(NNC3=C[C@@]4(CCN(C(=O)c5cnc6cc(F)ccc6c5)C4)CC(C)(C)C3=O)c1)C2. The van der Waals surface area contributed by atoms with E-state index in [1.165, 1.54) is 36.5 Å². The van der Waals surface area contributed by atoms with E-state index in [9.17, 15) is 23.9 Å². The van der Waals surface area contributed by atoms with Crippen LogP contribution >= 0.6 is 0 Å². The molecule has 0 radical (unpaired) electrons. The molecule has 2 saturated heterocycles. The Morgan fingerprint density at radius 2 is 1.61 bits per heavy atom. The predicted octanol–water partition coefficient (Wildman–Crippen LogP) is 5.37. The van der Waals surface area contributed by atoms with Crippen LogP contribution in [0.2, 0.25) is 0 Å². The number of hydrogen-bond donors (Lipinski definition) is 4. The first-order valence-electron chi connectivity index (χ1n) is 17.4. The van der Waals surface area contributed by atoms with Gasteiger partial charge < -0.3 is 15.7 Å². The summed E-state index contributed by atoms with van der Waals surface area (Å²) >= 11 is 0. The Hall–Kier alpha value is -4.68. The van der Waals surface area contributed by atoms with Crippen LogP contribution in [0.1, 0.15) is 75.5 Å². The summed E-state index contributed by atoms with van der Waals surface area (Å²) in [6, 6.07) is 10.3. The lowest BCUT2D eigenvalue weighted by Gasteiger charge is -2.40. The molecule has 0 saturated carbocycles. The van der Waals surface area contributed by atoms with Gasteiger partial charge in [0.2, 0.25) is 0 Å². The summed E-state index contributed by atoms with van der Waals surface area (Å²) in [6.45, 7) is 9.46. The number of rotatable bonds is 6. The highest BCUT2D eigenvalue weighted by atomic mass is 19.1. The number of amides is 1. The van der Waals surface area contributed by atoms with Crippen molar-refractivity contribution in [2.24, 2.45) is 27.4 Å². The van der Waals surface area contributed by atoms with Crippen molar-refractivity contribution in [2.75, 3.05) is 31.6 Å². The van der Waals surface area contributed by atoms with Crippen LogP contribution in [0.4, 0.5) is 14.5 Å². The van der Waals surface area contributed by atoms with Gasteiger partial charge in [-0.15, -0.1) is 0 Å². The van der Waals surface area contributed by atoms with Crippen molar-refractivity contribution in [3.05, 3.63) is 95.0 Å². The topological polar surface area (TPSA) is 141 Å². The van der Waals surface area contributed by atoms with Gasteiger partial charge in [-0.1, -0.05) is 39.8 Å². The number of nitrogens with one attached hydrogen (secondary N) is 2. The summed E-state index contributed by atoms with van der Waals surface area (Å²) < 4.78 is 28.8. The highest BCUT2D eigenvalue weighted by molar-refractivity contribution is 6.01. The zero-order chi connectivity index (χ0) is 36.5. The zero-order valence-electron chi connectivity index (χ0n) is 29.4. The molecule has 2 aliphatic heterocycles. The number of allylic oxidation sites excluding steroid dienone is 2. The molecule has 7 rings (SSSR count). The van der Waals surface area contributed by atoms with Gasteiger partial charge in [-0.3, -0.25) is 35.1 Å². The molecule has 2 aromatic carbocycles. The lowest BCUT2D eigenvalue weighted by atomic mass is 9.65. The molecule has 268 valence electrons. The standard InChI is InChI=1S/C39H44F2N6O4/c1-36(2)19-38(16-28(42)32(36)48)9-11-46(21-38)34(50)24-6-8-27(41)30(14-24)44-45-31-17-39(20-37(3,4)33(31)49)10-12-47(22-39)35(51)25-13-23-5-7-26(40)15-29(23)43-18-25/h5-8,13-18,34,44-45,50H,9-12,19-22,42H2,1-4H3/t34?,38-,39-/m0/s1. The number of nitrogens with two attached hydrogens (primary N) is 1. The van der Waals surface area contributed by atoms with Gasteiger partial charge in [-0.2, -0.15) is 0 Å². The Labute approximate surface area is 295 Å². The Morgan fingerprint density at radius 3 is 2.35 bits per heavy atom. The lowest BCUT2D eigenvalue weighted by Crippen LogP contribution is -2.45.